The zero-order chi connectivity index (χ0) is 15.4. The van der Waals surface area contributed by atoms with Gasteiger partial charge >= 0.3 is 5.97 Å². The fraction of sp³-hybridized carbons (Fsp3) is 0.308. The van der Waals surface area contributed by atoms with Crippen molar-refractivity contribution in [1.82, 2.24) is 0 Å². The molecule has 7 nitrogen and oxygen atoms in total. The zero-order valence-corrected chi connectivity index (χ0v) is 11.1. The number of esters is 1. The predicted octanol–water partition coefficient (Wildman–Crippen LogP) is 1.57. The number of aromatic hydroxyl groups is 3. The summed E-state index contributed by atoms with van der Waals surface area (Å²) < 4.78 is 4.43. The normalized spacial score (nSPS) is 11.9. The summed E-state index contributed by atoms with van der Waals surface area (Å²) in [4.78, 5) is 15.7. The van der Waals surface area contributed by atoms with Gasteiger partial charge in [-0.1, -0.05) is 6.58 Å². The van der Waals surface area contributed by atoms with Crippen molar-refractivity contribution in [2.45, 2.75) is 19.4 Å². The van der Waals surface area contributed by atoms with Crippen molar-refractivity contribution in [3.63, 3.8) is 0 Å². The summed E-state index contributed by atoms with van der Waals surface area (Å²) in [5, 5.41) is 38.1. The van der Waals surface area contributed by atoms with Crippen LogP contribution < -0.4 is 0 Å². The van der Waals surface area contributed by atoms with Gasteiger partial charge in [0.15, 0.2) is 0 Å². The fourth-order valence-electron chi connectivity index (χ4n) is 1.67. The first-order valence-electron chi connectivity index (χ1n) is 5.64. The highest BCUT2D eigenvalue weighted by atomic mass is 17.1. The first-order chi connectivity index (χ1) is 9.33. The molecular formula is C13H16O7. The second kappa shape index (κ2) is 6.27. The molecule has 0 aliphatic heterocycles. The molecule has 7 heteroatoms. The number of ether oxygens (including phenoxy) is 1. The number of benzene rings is 1. The molecule has 1 atom stereocenters. The summed E-state index contributed by atoms with van der Waals surface area (Å²) in [6.07, 6.45) is -1.03. The van der Waals surface area contributed by atoms with Gasteiger partial charge in [-0.3, -0.25) is 5.26 Å². The van der Waals surface area contributed by atoms with Crippen molar-refractivity contribution in [2.75, 3.05) is 7.11 Å². The van der Waals surface area contributed by atoms with E-state index in [0.29, 0.717) is 5.57 Å². The van der Waals surface area contributed by atoms with Crippen molar-refractivity contribution in [3.05, 3.63) is 29.3 Å². The van der Waals surface area contributed by atoms with Crippen LogP contribution >= 0.6 is 0 Å². The van der Waals surface area contributed by atoms with Gasteiger partial charge in [0.1, 0.15) is 28.9 Å². The number of phenolic OH excluding ortho intramolecular Hbond substituents is 3. The molecule has 0 bridgehead atoms. The van der Waals surface area contributed by atoms with Crippen LogP contribution in [0.25, 0.3) is 0 Å². The van der Waals surface area contributed by atoms with Crippen LogP contribution in [0.5, 0.6) is 17.2 Å². The number of methoxy groups -OCH3 is 1. The van der Waals surface area contributed by atoms with Gasteiger partial charge in [0.05, 0.1) is 7.11 Å². The molecule has 0 spiro atoms. The van der Waals surface area contributed by atoms with E-state index in [0.717, 1.165) is 13.2 Å². The molecule has 0 saturated carbocycles. The number of rotatable bonds is 5. The third kappa shape index (κ3) is 3.01. The summed E-state index contributed by atoms with van der Waals surface area (Å²) >= 11 is 0. The van der Waals surface area contributed by atoms with E-state index in [9.17, 15) is 20.1 Å². The summed E-state index contributed by atoms with van der Waals surface area (Å²) in [5.41, 5.74) is -0.108. The smallest absolute Gasteiger partial charge is 0.345 e. The van der Waals surface area contributed by atoms with Gasteiger partial charge in [-0.15, -0.1) is 0 Å². The second-order valence-electron chi connectivity index (χ2n) is 4.25. The number of carbonyl (C=O) groups is 1. The molecule has 1 aromatic rings. The second-order valence-corrected chi connectivity index (χ2v) is 4.25. The molecule has 0 fully saturated rings. The molecule has 1 rings (SSSR count). The van der Waals surface area contributed by atoms with E-state index in [4.69, 9.17) is 5.26 Å². The third-order valence-electron chi connectivity index (χ3n) is 2.82. The molecule has 20 heavy (non-hydrogen) atoms. The van der Waals surface area contributed by atoms with Gasteiger partial charge in [0.25, 0.3) is 0 Å². The molecule has 1 aromatic carbocycles. The van der Waals surface area contributed by atoms with E-state index in [1.165, 1.54) is 0 Å². The average molecular weight is 284 g/mol. The summed E-state index contributed by atoms with van der Waals surface area (Å²) in [6.45, 7) is 5.16. The van der Waals surface area contributed by atoms with Crippen LogP contribution in [0.2, 0.25) is 0 Å². The Morgan fingerprint density at radius 3 is 2.40 bits per heavy atom. The van der Waals surface area contributed by atoms with E-state index in [2.05, 4.69) is 16.2 Å². The van der Waals surface area contributed by atoms with Crippen molar-refractivity contribution < 1.29 is 35.0 Å². The summed E-state index contributed by atoms with van der Waals surface area (Å²) in [5.74, 6) is -2.67. The molecular weight excluding hydrogens is 268 g/mol. The van der Waals surface area contributed by atoms with Crippen LogP contribution in [0, 0.1) is 0 Å². The maximum atomic E-state index is 11.5. The van der Waals surface area contributed by atoms with Gasteiger partial charge < -0.3 is 20.1 Å². The molecule has 0 aliphatic rings. The van der Waals surface area contributed by atoms with Crippen LogP contribution in [-0.4, -0.2) is 39.8 Å². The Balaban J connectivity index is 3.33. The van der Waals surface area contributed by atoms with E-state index in [1.54, 1.807) is 6.92 Å². The number of carbonyl (C=O) groups excluding carboxylic acids is 1. The number of hydrogen-bond acceptors (Lipinski definition) is 7. The largest absolute Gasteiger partial charge is 0.507 e. The minimum atomic E-state index is -0.960. The third-order valence-corrected chi connectivity index (χ3v) is 2.82. The topological polar surface area (TPSA) is 116 Å². The highest BCUT2D eigenvalue weighted by Crippen LogP contribution is 2.39. The average Bonchev–Trinajstić information content (AvgIpc) is 2.37. The highest BCUT2D eigenvalue weighted by Gasteiger charge is 2.25. The van der Waals surface area contributed by atoms with E-state index < -0.39 is 34.9 Å². The lowest BCUT2D eigenvalue weighted by Crippen LogP contribution is -2.16. The first-order valence-corrected chi connectivity index (χ1v) is 5.64. The lowest BCUT2D eigenvalue weighted by molar-refractivity contribution is -0.268. The molecule has 0 radical (unpaired) electrons. The Bertz CT molecular complexity index is 536. The van der Waals surface area contributed by atoms with E-state index in [1.807, 2.05) is 0 Å². The molecule has 0 saturated heterocycles. The molecule has 0 heterocycles. The van der Waals surface area contributed by atoms with Gasteiger partial charge in [0.2, 0.25) is 0 Å². The van der Waals surface area contributed by atoms with E-state index >= 15 is 0 Å². The van der Waals surface area contributed by atoms with Gasteiger partial charge in [-0.05, 0) is 12.5 Å². The van der Waals surface area contributed by atoms with Gasteiger partial charge in [0, 0.05) is 18.1 Å². The number of phenols is 3. The minimum absolute atomic E-state index is 0.0785. The molecule has 4 N–H and O–H groups in total. The Labute approximate surface area is 115 Å². The molecule has 0 unspecified atom stereocenters. The SMILES string of the molecule is C=C(C)[C@@H](Cc1c(O)cc(O)c(C(=O)OC)c1O)OO. The molecule has 0 amide bonds. The quantitative estimate of drug-likeness (QED) is 0.280. The summed E-state index contributed by atoms with van der Waals surface area (Å²) in [7, 11) is 1.08. The van der Waals surface area contributed by atoms with Crippen LogP contribution in [0.4, 0.5) is 0 Å². The Kier molecular flexibility index (Phi) is 4.95. The Morgan fingerprint density at radius 2 is 1.95 bits per heavy atom. The molecule has 0 aliphatic carbocycles. The summed E-state index contributed by atoms with van der Waals surface area (Å²) in [6, 6.07) is 0.897. The lowest BCUT2D eigenvalue weighted by Gasteiger charge is -2.17. The van der Waals surface area contributed by atoms with Gasteiger partial charge in [-0.25, -0.2) is 9.68 Å². The Hall–Kier alpha value is -2.25. The van der Waals surface area contributed by atoms with Crippen molar-refractivity contribution in [1.29, 1.82) is 0 Å². The lowest BCUT2D eigenvalue weighted by atomic mass is 9.98. The van der Waals surface area contributed by atoms with Gasteiger partial charge in [-0.2, -0.15) is 0 Å². The van der Waals surface area contributed by atoms with Crippen molar-refractivity contribution >= 4 is 5.97 Å². The number of hydrogen-bond donors (Lipinski definition) is 4. The van der Waals surface area contributed by atoms with Crippen molar-refractivity contribution in [2.24, 2.45) is 0 Å². The van der Waals surface area contributed by atoms with Crippen LogP contribution in [0.15, 0.2) is 18.2 Å². The van der Waals surface area contributed by atoms with Crippen LogP contribution in [-0.2, 0) is 16.0 Å². The highest BCUT2D eigenvalue weighted by molar-refractivity contribution is 5.96. The first kappa shape index (κ1) is 15.8. The minimum Gasteiger partial charge on any atom is -0.507 e. The Morgan fingerprint density at radius 1 is 1.35 bits per heavy atom. The van der Waals surface area contributed by atoms with Crippen LogP contribution in [0.1, 0.15) is 22.8 Å². The van der Waals surface area contributed by atoms with Crippen LogP contribution in [0.3, 0.4) is 0 Å². The fourth-order valence-corrected chi connectivity index (χ4v) is 1.67. The monoisotopic (exact) mass is 284 g/mol. The van der Waals surface area contributed by atoms with Crippen molar-refractivity contribution in [3.8, 4) is 17.2 Å². The maximum Gasteiger partial charge on any atom is 0.345 e. The zero-order valence-electron chi connectivity index (χ0n) is 11.1. The standard InChI is InChI=1S/C13H16O7/c1-6(2)10(20-18)4-7-8(14)5-9(15)11(12(7)16)13(17)19-3/h5,10,14-16,18H,1,4H2,2-3H3/t10-/m1/s1. The maximum absolute atomic E-state index is 11.5. The predicted molar refractivity (Wildman–Crippen MR) is 68.8 cm³/mol. The molecule has 110 valence electrons. The van der Waals surface area contributed by atoms with E-state index in [-0.39, 0.29) is 12.0 Å². The molecule has 0 aromatic heterocycles.